The number of ether oxygens (including phenoxy) is 1. The fraction of sp³-hybridized carbons (Fsp3) is 0.500. The highest BCUT2D eigenvalue weighted by Crippen LogP contribution is 2.08. The Morgan fingerprint density at radius 1 is 1.33 bits per heavy atom. The van der Waals surface area contributed by atoms with Gasteiger partial charge in [-0.2, -0.15) is 0 Å². The molecule has 0 radical (unpaired) electrons. The first kappa shape index (κ1) is 10.6. The van der Waals surface area contributed by atoms with Crippen molar-refractivity contribution in [3.63, 3.8) is 0 Å². The second-order valence-electron chi connectivity index (χ2n) is 3.93. The lowest BCUT2D eigenvalue weighted by atomic mass is 10.2. The Morgan fingerprint density at radius 3 is 2.80 bits per heavy atom. The van der Waals surface area contributed by atoms with Gasteiger partial charge in [0.2, 0.25) is 0 Å². The lowest BCUT2D eigenvalue weighted by Gasteiger charge is -2.10. The zero-order valence-electron chi connectivity index (χ0n) is 8.71. The van der Waals surface area contributed by atoms with Gasteiger partial charge in [0, 0.05) is 6.04 Å². The molecule has 0 aromatic heterocycles. The van der Waals surface area contributed by atoms with Gasteiger partial charge in [0.05, 0.1) is 13.2 Å². The van der Waals surface area contributed by atoms with Crippen molar-refractivity contribution in [2.75, 3.05) is 13.2 Å². The molecule has 0 amide bonds. The molecule has 1 atom stereocenters. The summed E-state index contributed by atoms with van der Waals surface area (Å²) in [5, 5.41) is 3.37. The van der Waals surface area contributed by atoms with Crippen LogP contribution in [-0.2, 0) is 11.3 Å². The van der Waals surface area contributed by atoms with E-state index in [4.69, 9.17) is 4.74 Å². The Labute approximate surface area is 89.4 Å². The Kier molecular flexibility index (Phi) is 3.69. The van der Waals surface area contributed by atoms with Crippen molar-refractivity contribution in [3.05, 3.63) is 35.6 Å². The maximum Gasteiger partial charge on any atom is 0.123 e. The van der Waals surface area contributed by atoms with Crippen LogP contribution in [0.25, 0.3) is 0 Å². The van der Waals surface area contributed by atoms with E-state index in [2.05, 4.69) is 5.32 Å². The molecular weight excluding hydrogens is 193 g/mol. The smallest absolute Gasteiger partial charge is 0.123 e. The second-order valence-corrected chi connectivity index (χ2v) is 3.93. The lowest BCUT2D eigenvalue weighted by molar-refractivity contribution is 0.103. The molecule has 1 fully saturated rings. The maximum atomic E-state index is 12.6. The van der Waals surface area contributed by atoms with Crippen LogP contribution in [0, 0.1) is 5.82 Å². The van der Waals surface area contributed by atoms with E-state index >= 15 is 0 Å². The molecule has 2 rings (SSSR count). The number of rotatable bonds is 4. The summed E-state index contributed by atoms with van der Waals surface area (Å²) in [6, 6.07) is 6.96. The monoisotopic (exact) mass is 209 g/mol. The molecule has 0 bridgehead atoms. The quantitative estimate of drug-likeness (QED) is 0.820. The van der Waals surface area contributed by atoms with Crippen molar-refractivity contribution < 1.29 is 9.13 Å². The molecule has 0 unspecified atom stereocenters. The van der Waals surface area contributed by atoms with E-state index in [9.17, 15) is 4.39 Å². The molecule has 0 spiro atoms. The molecule has 1 heterocycles. The van der Waals surface area contributed by atoms with Crippen LogP contribution in [0.2, 0.25) is 0 Å². The molecule has 1 aliphatic heterocycles. The van der Waals surface area contributed by atoms with Crippen LogP contribution < -0.4 is 5.32 Å². The van der Waals surface area contributed by atoms with Crippen molar-refractivity contribution in [1.82, 2.24) is 5.32 Å². The fourth-order valence-electron chi connectivity index (χ4n) is 1.80. The van der Waals surface area contributed by atoms with Gasteiger partial charge in [-0.05, 0) is 37.1 Å². The highest BCUT2D eigenvalue weighted by atomic mass is 19.1. The minimum absolute atomic E-state index is 0.198. The first-order valence-electron chi connectivity index (χ1n) is 5.40. The third kappa shape index (κ3) is 3.29. The van der Waals surface area contributed by atoms with Gasteiger partial charge in [0.15, 0.2) is 0 Å². The van der Waals surface area contributed by atoms with E-state index in [1.165, 1.54) is 25.0 Å². The Hall–Kier alpha value is -0.930. The summed E-state index contributed by atoms with van der Waals surface area (Å²) in [6.45, 7) is 2.42. The van der Waals surface area contributed by atoms with Crippen LogP contribution in [-0.4, -0.2) is 19.2 Å². The molecule has 1 saturated heterocycles. The average Bonchev–Trinajstić information content (AvgIpc) is 2.74. The molecule has 1 N–H and O–H groups in total. The summed E-state index contributed by atoms with van der Waals surface area (Å²) in [5.74, 6) is -0.198. The number of hydrogen-bond acceptors (Lipinski definition) is 2. The predicted octanol–water partition coefficient (Wildman–Crippen LogP) is 2.09. The molecule has 0 saturated carbocycles. The van der Waals surface area contributed by atoms with E-state index in [0.717, 1.165) is 18.7 Å². The van der Waals surface area contributed by atoms with E-state index in [1.807, 2.05) is 0 Å². The SMILES string of the molecule is Fc1ccc(COC[C@H]2CCCN2)cc1. The van der Waals surface area contributed by atoms with E-state index in [-0.39, 0.29) is 5.82 Å². The van der Waals surface area contributed by atoms with E-state index < -0.39 is 0 Å². The van der Waals surface area contributed by atoms with Crippen LogP contribution in [0.3, 0.4) is 0 Å². The Bertz CT molecular complexity index is 293. The van der Waals surface area contributed by atoms with Gasteiger partial charge in [-0.1, -0.05) is 12.1 Å². The van der Waals surface area contributed by atoms with Crippen LogP contribution in [0.1, 0.15) is 18.4 Å². The highest BCUT2D eigenvalue weighted by molar-refractivity contribution is 5.14. The highest BCUT2D eigenvalue weighted by Gasteiger charge is 2.13. The number of hydrogen-bond donors (Lipinski definition) is 1. The van der Waals surface area contributed by atoms with Gasteiger partial charge in [-0.15, -0.1) is 0 Å². The van der Waals surface area contributed by atoms with Crippen molar-refractivity contribution >= 4 is 0 Å². The van der Waals surface area contributed by atoms with Crippen molar-refractivity contribution in [2.45, 2.75) is 25.5 Å². The summed E-state index contributed by atoms with van der Waals surface area (Å²) >= 11 is 0. The summed E-state index contributed by atoms with van der Waals surface area (Å²) in [6.07, 6.45) is 2.44. The minimum Gasteiger partial charge on any atom is -0.375 e. The molecule has 82 valence electrons. The normalized spacial score (nSPS) is 20.7. The second kappa shape index (κ2) is 5.24. The number of halogens is 1. The molecule has 0 aliphatic carbocycles. The van der Waals surface area contributed by atoms with Crippen LogP contribution in [0.4, 0.5) is 4.39 Å². The van der Waals surface area contributed by atoms with Gasteiger partial charge in [0.25, 0.3) is 0 Å². The predicted molar refractivity (Wildman–Crippen MR) is 57.1 cm³/mol. The number of benzene rings is 1. The van der Waals surface area contributed by atoms with Crippen LogP contribution >= 0.6 is 0 Å². The summed E-state index contributed by atoms with van der Waals surface area (Å²) in [4.78, 5) is 0. The molecule has 1 aliphatic rings. The first-order chi connectivity index (χ1) is 7.34. The number of nitrogens with one attached hydrogen (secondary N) is 1. The maximum absolute atomic E-state index is 12.6. The van der Waals surface area contributed by atoms with Gasteiger partial charge in [-0.25, -0.2) is 4.39 Å². The average molecular weight is 209 g/mol. The Balaban J connectivity index is 1.71. The van der Waals surface area contributed by atoms with Gasteiger partial charge < -0.3 is 10.1 Å². The van der Waals surface area contributed by atoms with Gasteiger partial charge in [-0.3, -0.25) is 0 Å². The molecular formula is C12H16FNO. The third-order valence-electron chi connectivity index (χ3n) is 2.66. The van der Waals surface area contributed by atoms with Crippen molar-refractivity contribution in [1.29, 1.82) is 0 Å². The van der Waals surface area contributed by atoms with Gasteiger partial charge >= 0.3 is 0 Å². The Morgan fingerprint density at radius 2 is 2.13 bits per heavy atom. The van der Waals surface area contributed by atoms with Crippen molar-refractivity contribution in [3.8, 4) is 0 Å². The van der Waals surface area contributed by atoms with E-state index in [1.54, 1.807) is 12.1 Å². The lowest BCUT2D eigenvalue weighted by Crippen LogP contribution is -2.26. The molecule has 2 nitrogen and oxygen atoms in total. The first-order valence-corrected chi connectivity index (χ1v) is 5.40. The topological polar surface area (TPSA) is 21.3 Å². The van der Waals surface area contributed by atoms with Crippen molar-refractivity contribution in [2.24, 2.45) is 0 Å². The largest absolute Gasteiger partial charge is 0.375 e. The van der Waals surface area contributed by atoms with Gasteiger partial charge in [0.1, 0.15) is 5.82 Å². The van der Waals surface area contributed by atoms with E-state index in [0.29, 0.717) is 12.6 Å². The summed E-state index contributed by atoms with van der Waals surface area (Å²) in [7, 11) is 0. The zero-order chi connectivity index (χ0) is 10.5. The molecule has 1 aromatic carbocycles. The molecule has 1 aromatic rings. The van der Waals surface area contributed by atoms with Crippen LogP contribution in [0.15, 0.2) is 24.3 Å². The van der Waals surface area contributed by atoms with Crippen LogP contribution in [0.5, 0.6) is 0 Å². The molecule has 15 heavy (non-hydrogen) atoms. The summed E-state index contributed by atoms with van der Waals surface area (Å²) < 4.78 is 18.2. The fourth-order valence-corrected chi connectivity index (χ4v) is 1.80. The zero-order valence-corrected chi connectivity index (χ0v) is 8.71. The minimum atomic E-state index is -0.198. The standard InChI is InChI=1S/C12H16FNO/c13-11-5-3-10(4-6-11)8-15-9-12-2-1-7-14-12/h3-6,12,14H,1-2,7-9H2/t12-/m1/s1. The third-order valence-corrected chi connectivity index (χ3v) is 2.66. The summed E-state index contributed by atoms with van der Waals surface area (Å²) in [5.41, 5.74) is 1.02. The molecule has 3 heteroatoms.